The van der Waals surface area contributed by atoms with Gasteiger partial charge in [-0.15, -0.1) is 0 Å². The molecule has 130 valence electrons. The van der Waals surface area contributed by atoms with Crippen LogP contribution >= 0.6 is 0 Å². The normalized spacial score (nSPS) is 15.0. The molecule has 0 amide bonds. The number of pyridine rings is 1. The Balaban J connectivity index is 1.82. The van der Waals surface area contributed by atoms with Crippen LogP contribution in [0.15, 0.2) is 41.2 Å². The highest BCUT2D eigenvalue weighted by molar-refractivity contribution is 5.76. The Hall–Kier alpha value is -2.36. The molecule has 1 fully saturated rings. The fourth-order valence-electron chi connectivity index (χ4n) is 3.43. The molecule has 4 rings (SSSR count). The third-order valence-corrected chi connectivity index (χ3v) is 4.84. The third-order valence-electron chi connectivity index (χ3n) is 4.84. The first-order chi connectivity index (χ1) is 11.8. The van der Waals surface area contributed by atoms with Crippen LogP contribution in [-0.4, -0.2) is 14.1 Å². The Kier molecular flexibility index (Phi) is 3.60. The Morgan fingerprint density at radius 3 is 2.60 bits per heavy atom. The van der Waals surface area contributed by atoms with Crippen LogP contribution in [-0.2, 0) is 13.6 Å². The van der Waals surface area contributed by atoms with E-state index in [0.29, 0.717) is 6.54 Å². The van der Waals surface area contributed by atoms with Crippen LogP contribution in [0.3, 0.4) is 0 Å². The maximum Gasteiger partial charge on any atom is 0.330 e. The lowest BCUT2D eigenvalue weighted by atomic mass is 9.97. The molecule has 1 aliphatic carbocycles. The molecule has 0 radical (unpaired) electrons. The molecule has 4 nitrogen and oxygen atoms in total. The standard InChI is InChI=1S/C21H25N3O/c1-21(2,3)13-24-18-11-10-17(22-19(18)23(4)20(24)25)16-7-5-6-15(12-16)14-8-9-14/h5-7,10-12,14H,8-9,13H2,1-4H3. The molecule has 0 bridgehead atoms. The molecule has 0 N–H and O–H groups in total. The number of rotatable bonds is 3. The van der Waals surface area contributed by atoms with E-state index in [9.17, 15) is 4.79 Å². The van der Waals surface area contributed by atoms with E-state index >= 15 is 0 Å². The van der Waals surface area contributed by atoms with Crippen molar-refractivity contribution in [3.05, 3.63) is 52.4 Å². The summed E-state index contributed by atoms with van der Waals surface area (Å²) in [5.41, 5.74) is 5.16. The Labute approximate surface area is 148 Å². The number of aryl methyl sites for hydroxylation is 1. The van der Waals surface area contributed by atoms with Crippen LogP contribution in [0.4, 0.5) is 0 Å². The smallest absolute Gasteiger partial charge is 0.290 e. The second-order valence-corrected chi connectivity index (χ2v) is 8.43. The number of benzene rings is 1. The van der Waals surface area contributed by atoms with Gasteiger partial charge in [-0.1, -0.05) is 39.0 Å². The summed E-state index contributed by atoms with van der Waals surface area (Å²) < 4.78 is 3.50. The quantitative estimate of drug-likeness (QED) is 0.715. The second kappa shape index (κ2) is 5.58. The summed E-state index contributed by atoms with van der Waals surface area (Å²) in [6.07, 6.45) is 2.58. The summed E-state index contributed by atoms with van der Waals surface area (Å²) in [6.45, 7) is 7.11. The molecule has 3 aromatic rings. The van der Waals surface area contributed by atoms with Gasteiger partial charge in [0.05, 0.1) is 11.2 Å². The molecule has 2 aromatic heterocycles. The minimum Gasteiger partial charge on any atom is -0.290 e. The van der Waals surface area contributed by atoms with Crippen LogP contribution in [0.1, 0.15) is 45.1 Å². The van der Waals surface area contributed by atoms with Crippen molar-refractivity contribution in [2.45, 2.75) is 46.1 Å². The summed E-state index contributed by atoms with van der Waals surface area (Å²) in [7, 11) is 1.81. The number of imidazole rings is 1. The van der Waals surface area contributed by atoms with Crippen LogP contribution in [0.5, 0.6) is 0 Å². The molecule has 25 heavy (non-hydrogen) atoms. The predicted octanol–water partition coefficient (Wildman–Crippen LogP) is 4.33. The van der Waals surface area contributed by atoms with Gasteiger partial charge in [-0.3, -0.25) is 9.13 Å². The van der Waals surface area contributed by atoms with Gasteiger partial charge in [-0.2, -0.15) is 0 Å². The van der Waals surface area contributed by atoms with Gasteiger partial charge in [0.1, 0.15) is 0 Å². The first-order valence-electron chi connectivity index (χ1n) is 9.00. The molecular formula is C21H25N3O. The fourth-order valence-corrected chi connectivity index (χ4v) is 3.43. The Morgan fingerprint density at radius 1 is 1.16 bits per heavy atom. The zero-order valence-corrected chi connectivity index (χ0v) is 15.4. The van der Waals surface area contributed by atoms with Crippen LogP contribution in [0.25, 0.3) is 22.4 Å². The molecule has 0 unspecified atom stereocenters. The molecule has 2 heterocycles. The van der Waals surface area contributed by atoms with Gasteiger partial charge < -0.3 is 0 Å². The van der Waals surface area contributed by atoms with Crippen molar-refractivity contribution in [3.63, 3.8) is 0 Å². The molecule has 1 aromatic carbocycles. The average molecular weight is 335 g/mol. The molecule has 1 saturated carbocycles. The summed E-state index contributed by atoms with van der Waals surface area (Å²) in [4.78, 5) is 17.5. The van der Waals surface area contributed by atoms with Crippen molar-refractivity contribution in [3.8, 4) is 11.3 Å². The van der Waals surface area contributed by atoms with Crippen molar-refractivity contribution < 1.29 is 0 Å². The molecule has 0 atom stereocenters. The molecule has 0 saturated heterocycles. The van der Waals surface area contributed by atoms with Gasteiger partial charge in [0.15, 0.2) is 5.65 Å². The minimum absolute atomic E-state index is 0.00121. The van der Waals surface area contributed by atoms with Crippen molar-refractivity contribution in [1.82, 2.24) is 14.1 Å². The predicted molar refractivity (Wildman–Crippen MR) is 102 cm³/mol. The molecule has 4 heteroatoms. The Bertz CT molecular complexity index is 1000. The average Bonchev–Trinajstić information content (AvgIpc) is 3.39. The number of aromatic nitrogens is 3. The number of hydrogen-bond acceptors (Lipinski definition) is 2. The maximum absolute atomic E-state index is 12.7. The number of nitrogens with zero attached hydrogens (tertiary/aromatic N) is 3. The van der Waals surface area contributed by atoms with Crippen molar-refractivity contribution in [2.24, 2.45) is 12.5 Å². The molecule has 0 aliphatic heterocycles. The van der Waals surface area contributed by atoms with E-state index in [1.54, 1.807) is 11.6 Å². The van der Waals surface area contributed by atoms with Crippen molar-refractivity contribution in [2.75, 3.05) is 0 Å². The van der Waals surface area contributed by atoms with Gasteiger partial charge in [-0.05, 0) is 47.9 Å². The summed E-state index contributed by atoms with van der Waals surface area (Å²) in [6, 6.07) is 12.7. The molecule has 1 aliphatic rings. The number of fused-ring (bicyclic) bond motifs is 1. The fraction of sp³-hybridized carbons (Fsp3) is 0.429. The second-order valence-electron chi connectivity index (χ2n) is 8.43. The summed E-state index contributed by atoms with van der Waals surface area (Å²) in [5, 5.41) is 0. The van der Waals surface area contributed by atoms with Crippen LogP contribution < -0.4 is 5.69 Å². The molecule has 0 spiro atoms. The summed E-state index contributed by atoms with van der Waals surface area (Å²) >= 11 is 0. The lowest BCUT2D eigenvalue weighted by Gasteiger charge is -2.18. The topological polar surface area (TPSA) is 39.8 Å². The van der Waals surface area contributed by atoms with Gasteiger partial charge in [0.2, 0.25) is 0 Å². The van der Waals surface area contributed by atoms with E-state index in [0.717, 1.165) is 28.3 Å². The zero-order valence-electron chi connectivity index (χ0n) is 15.4. The first kappa shape index (κ1) is 16.1. The maximum atomic E-state index is 12.7. The van der Waals surface area contributed by atoms with Crippen molar-refractivity contribution >= 4 is 11.2 Å². The number of hydrogen-bond donors (Lipinski definition) is 0. The minimum atomic E-state index is 0.00121. The van der Waals surface area contributed by atoms with E-state index in [-0.39, 0.29) is 11.1 Å². The SMILES string of the molecule is Cn1c(=O)n(CC(C)(C)C)c2ccc(-c3cccc(C4CC4)c3)nc21. The highest BCUT2D eigenvalue weighted by Crippen LogP contribution is 2.41. The van der Waals surface area contributed by atoms with E-state index in [2.05, 4.69) is 45.0 Å². The van der Waals surface area contributed by atoms with E-state index in [4.69, 9.17) is 4.98 Å². The highest BCUT2D eigenvalue weighted by atomic mass is 16.1. The van der Waals surface area contributed by atoms with Gasteiger partial charge in [0, 0.05) is 19.2 Å². The third kappa shape index (κ3) is 3.01. The zero-order chi connectivity index (χ0) is 17.8. The highest BCUT2D eigenvalue weighted by Gasteiger charge is 2.24. The summed E-state index contributed by atoms with van der Waals surface area (Å²) in [5.74, 6) is 0.723. The molecular weight excluding hydrogens is 310 g/mol. The van der Waals surface area contributed by atoms with Gasteiger partial charge >= 0.3 is 5.69 Å². The van der Waals surface area contributed by atoms with Gasteiger partial charge in [-0.25, -0.2) is 9.78 Å². The van der Waals surface area contributed by atoms with E-state index in [1.807, 2.05) is 16.7 Å². The lowest BCUT2D eigenvalue weighted by Crippen LogP contribution is -2.27. The van der Waals surface area contributed by atoms with Crippen LogP contribution in [0, 0.1) is 5.41 Å². The van der Waals surface area contributed by atoms with E-state index < -0.39 is 0 Å². The lowest BCUT2D eigenvalue weighted by molar-refractivity contribution is 0.342. The monoisotopic (exact) mass is 335 g/mol. The van der Waals surface area contributed by atoms with Crippen molar-refractivity contribution in [1.29, 1.82) is 0 Å². The van der Waals surface area contributed by atoms with Gasteiger partial charge in [0.25, 0.3) is 0 Å². The largest absolute Gasteiger partial charge is 0.330 e. The Morgan fingerprint density at radius 2 is 1.92 bits per heavy atom. The first-order valence-corrected chi connectivity index (χ1v) is 9.00. The van der Waals surface area contributed by atoms with Crippen LogP contribution in [0.2, 0.25) is 0 Å². The van der Waals surface area contributed by atoms with E-state index in [1.165, 1.54) is 18.4 Å².